The molecule has 1 aromatic carbocycles. The van der Waals surface area contributed by atoms with Gasteiger partial charge in [-0.1, -0.05) is 51.8 Å². The minimum Gasteiger partial charge on any atom is -0.258 e. The topological polar surface area (TPSA) is 38.7 Å². The first kappa shape index (κ1) is 17.5. The quantitative estimate of drug-likeness (QED) is 0.531. The summed E-state index contributed by atoms with van der Waals surface area (Å²) in [5.74, 6) is 1.23. The second-order valence-electron chi connectivity index (χ2n) is 7.08. The van der Waals surface area contributed by atoms with Crippen LogP contribution in [0.2, 0.25) is 0 Å². The Balaban J connectivity index is 2.02. The summed E-state index contributed by atoms with van der Waals surface area (Å²) >= 11 is 0. The number of unbranched alkanes of at least 4 members (excludes halogenated alkanes) is 2. The largest absolute Gasteiger partial charge is 0.258 e. The number of para-hydroxylation sites is 1. The lowest BCUT2D eigenvalue weighted by Crippen LogP contribution is -1.98. The summed E-state index contributed by atoms with van der Waals surface area (Å²) in [6, 6.07) is 10.6. The zero-order valence-electron chi connectivity index (χ0n) is 15.7. The van der Waals surface area contributed by atoms with Gasteiger partial charge in [-0.15, -0.1) is 0 Å². The lowest BCUT2D eigenvalue weighted by atomic mass is 10.00. The zero-order valence-corrected chi connectivity index (χ0v) is 15.7. The third-order valence-electron chi connectivity index (χ3n) is 4.57. The molecule has 0 aliphatic heterocycles. The van der Waals surface area contributed by atoms with Gasteiger partial charge in [0.25, 0.3) is 0 Å². The van der Waals surface area contributed by atoms with Crippen molar-refractivity contribution in [1.82, 2.24) is 15.0 Å². The van der Waals surface area contributed by atoms with Gasteiger partial charge in [0.2, 0.25) is 0 Å². The first-order valence-corrected chi connectivity index (χ1v) is 9.32. The predicted octanol–water partition coefficient (Wildman–Crippen LogP) is 5.86. The van der Waals surface area contributed by atoms with Crippen molar-refractivity contribution < 1.29 is 0 Å². The molecule has 130 valence electrons. The number of hydrogen-bond donors (Lipinski definition) is 0. The van der Waals surface area contributed by atoms with E-state index in [1.165, 1.54) is 24.8 Å². The maximum atomic E-state index is 4.91. The highest BCUT2D eigenvalue weighted by Gasteiger charge is 2.10. The summed E-state index contributed by atoms with van der Waals surface area (Å²) in [5.41, 5.74) is 5.58. The fraction of sp³-hybridized carbons (Fsp3) is 0.409. The van der Waals surface area contributed by atoms with Gasteiger partial charge >= 0.3 is 0 Å². The monoisotopic (exact) mass is 333 g/mol. The molecule has 3 rings (SSSR count). The van der Waals surface area contributed by atoms with Crippen molar-refractivity contribution in [3.63, 3.8) is 0 Å². The Hall–Kier alpha value is -2.29. The molecular formula is C22H27N3. The molecule has 0 aliphatic rings. The summed E-state index contributed by atoms with van der Waals surface area (Å²) < 4.78 is 0. The summed E-state index contributed by atoms with van der Waals surface area (Å²) in [6.07, 6.45) is 6.62. The standard InChI is InChI=1S/C22H27N3/c1-5-6-7-10-19-13-18(12-16(4)24-19)22-23-14-17-9-8-11-20(15(2)3)21(17)25-22/h8-9,11-15H,5-7,10H2,1-4H3. The van der Waals surface area contributed by atoms with E-state index in [-0.39, 0.29) is 0 Å². The molecule has 0 saturated heterocycles. The van der Waals surface area contributed by atoms with E-state index in [4.69, 9.17) is 4.98 Å². The Kier molecular flexibility index (Phi) is 5.42. The van der Waals surface area contributed by atoms with E-state index < -0.39 is 0 Å². The molecule has 0 atom stereocenters. The van der Waals surface area contributed by atoms with Crippen LogP contribution in [0.4, 0.5) is 0 Å². The van der Waals surface area contributed by atoms with Crippen LogP contribution in [0, 0.1) is 6.92 Å². The molecule has 0 N–H and O–H groups in total. The number of aromatic nitrogens is 3. The summed E-state index contributed by atoms with van der Waals surface area (Å²) in [6.45, 7) is 8.69. The minimum atomic E-state index is 0.440. The van der Waals surface area contributed by atoms with Crippen LogP contribution in [0.15, 0.2) is 36.5 Å². The summed E-state index contributed by atoms with van der Waals surface area (Å²) in [5, 5.41) is 1.10. The van der Waals surface area contributed by atoms with Crippen molar-refractivity contribution in [3.8, 4) is 11.4 Å². The van der Waals surface area contributed by atoms with Crippen LogP contribution in [0.25, 0.3) is 22.3 Å². The number of pyridine rings is 1. The van der Waals surface area contributed by atoms with Gasteiger partial charge in [-0.25, -0.2) is 9.97 Å². The van der Waals surface area contributed by atoms with Crippen molar-refractivity contribution in [2.45, 2.75) is 59.3 Å². The molecule has 0 radical (unpaired) electrons. The molecular weight excluding hydrogens is 306 g/mol. The molecule has 3 aromatic rings. The molecule has 0 amide bonds. The first-order chi connectivity index (χ1) is 12.1. The molecule has 0 unspecified atom stereocenters. The number of rotatable bonds is 6. The number of hydrogen-bond acceptors (Lipinski definition) is 3. The third kappa shape index (κ3) is 4.04. The summed E-state index contributed by atoms with van der Waals surface area (Å²) in [7, 11) is 0. The fourth-order valence-corrected chi connectivity index (χ4v) is 3.23. The SMILES string of the molecule is CCCCCc1cc(-c2ncc3cccc(C(C)C)c3n2)cc(C)n1. The van der Waals surface area contributed by atoms with E-state index in [0.29, 0.717) is 5.92 Å². The van der Waals surface area contributed by atoms with Crippen LogP contribution in [-0.4, -0.2) is 15.0 Å². The molecule has 0 bridgehead atoms. The Morgan fingerprint density at radius 3 is 2.64 bits per heavy atom. The molecule has 25 heavy (non-hydrogen) atoms. The lowest BCUT2D eigenvalue weighted by molar-refractivity contribution is 0.706. The van der Waals surface area contributed by atoms with E-state index in [1.54, 1.807) is 0 Å². The fourth-order valence-electron chi connectivity index (χ4n) is 3.23. The van der Waals surface area contributed by atoms with E-state index in [9.17, 15) is 0 Å². The van der Waals surface area contributed by atoms with Crippen molar-refractivity contribution in [1.29, 1.82) is 0 Å². The van der Waals surface area contributed by atoms with E-state index in [0.717, 1.165) is 40.1 Å². The van der Waals surface area contributed by atoms with E-state index in [1.807, 2.05) is 13.1 Å². The number of benzene rings is 1. The van der Waals surface area contributed by atoms with Crippen molar-refractivity contribution in [2.75, 3.05) is 0 Å². The molecule has 2 aromatic heterocycles. The van der Waals surface area contributed by atoms with Gasteiger partial charge in [-0.3, -0.25) is 4.98 Å². The Labute approximate surface area is 150 Å². The van der Waals surface area contributed by atoms with Crippen molar-refractivity contribution in [2.24, 2.45) is 0 Å². The molecule has 2 heterocycles. The molecule has 0 spiro atoms. The van der Waals surface area contributed by atoms with Gasteiger partial charge in [-0.05, 0) is 43.4 Å². The summed E-state index contributed by atoms with van der Waals surface area (Å²) in [4.78, 5) is 14.2. The second kappa shape index (κ2) is 7.73. The van der Waals surface area contributed by atoms with Crippen molar-refractivity contribution >= 4 is 10.9 Å². The highest BCUT2D eigenvalue weighted by Crippen LogP contribution is 2.26. The van der Waals surface area contributed by atoms with Gasteiger partial charge in [0.1, 0.15) is 0 Å². The van der Waals surface area contributed by atoms with E-state index >= 15 is 0 Å². The van der Waals surface area contributed by atoms with Gasteiger partial charge in [0.15, 0.2) is 5.82 Å². The molecule has 0 aliphatic carbocycles. The van der Waals surface area contributed by atoms with Crippen LogP contribution in [0.3, 0.4) is 0 Å². The number of fused-ring (bicyclic) bond motifs is 1. The van der Waals surface area contributed by atoms with Gasteiger partial charge in [-0.2, -0.15) is 0 Å². The smallest absolute Gasteiger partial charge is 0.159 e. The normalized spacial score (nSPS) is 11.4. The van der Waals surface area contributed by atoms with Gasteiger partial charge in [0, 0.05) is 28.5 Å². The van der Waals surface area contributed by atoms with E-state index in [2.05, 4.69) is 61.1 Å². The van der Waals surface area contributed by atoms with Crippen LogP contribution >= 0.6 is 0 Å². The highest BCUT2D eigenvalue weighted by molar-refractivity contribution is 5.83. The molecule has 3 heteroatoms. The zero-order chi connectivity index (χ0) is 17.8. The maximum Gasteiger partial charge on any atom is 0.159 e. The first-order valence-electron chi connectivity index (χ1n) is 9.32. The number of aryl methyl sites for hydroxylation is 2. The van der Waals surface area contributed by atoms with Crippen LogP contribution in [0.5, 0.6) is 0 Å². The average Bonchev–Trinajstić information content (AvgIpc) is 2.60. The Morgan fingerprint density at radius 1 is 1.04 bits per heavy atom. The van der Waals surface area contributed by atoms with Crippen LogP contribution < -0.4 is 0 Å². The lowest BCUT2D eigenvalue weighted by Gasteiger charge is -2.11. The molecule has 0 fully saturated rings. The third-order valence-corrected chi connectivity index (χ3v) is 4.57. The van der Waals surface area contributed by atoms with Gasteiger partial charge in [0.05, 0.1) is 5.52 Å². The highest BCUT2D eigenvalue weighted by atomic mass is 14.9. The van der Waals surface area contributed by atoms with Crippen LogP contribution in [0.1, 0.15) is 62.9 Å². The molecule has 0 saturated carbocycles. The van der Waals surface area contributed by atoms with Gasteiger partial charge < -0.3 is 0 Å². The van der Waals surface area contributed by atoms with Crippen LogP contribution in [-0.2, 0) is 6.42 Å². The Bertz CT molecular complexity index is 868. The van der Waals surface area contributed by atoms with Crippen molar-refractivity contribution in [3.05, 3.63) is 53.5 Å². The predicted molar refractivity (Wildman–Crippen MR) is 105 cm³/mol. The number of nitrogens with zero attached hydrogens (tertiary/aromatic N) is 3. The molecule has 3 nitrogen and oxygen atoms in total. The minimum absolute atomic E-state index is 0.440. The maximum absolute atomic E-state index is 4.91. The second-order valence-corrected chi connectivity index (χ2v) is 7.08. The average molecular weight is 333 g/mol. The Morgan fingerprint density at radius 2 is 1.88 bits per heavy atom.